The molecule has 29 heteroatoms. The van der Waals surface area contributed by atoms with Gasteiger partial charge in [-0.05, 0) is 93.5 Å². The van der Waals surface area contributed by atoms with Gasteiger partial charge in [-0.25, -0.2) is 0 Å². The van der Waals surface area contributed by atoms with Crippen LogP contribution in [0.4, 0.5) is 0 Å². The van der Waals surface area contributed by atoms with E-state index >= 15 is 9.59 Å². The molecule has 2 heterocycles. The highest BCUT2D eigenvalue weighted by molar-refractivity contribution is 6.07. The van der Waals surface area contributed by atoms with Crippen molar-refractivity contribution in [3.63, 3.8) is 0 Å². The Labute approximate surface area is 632 Å². The van der Waals surface area contributed by atoms with Crippen LogP contribution in [0.3, 0.4) is 0 Å². The van der Waals surface area contributed by atoms with Crippen LogP contribution in [0.25, 0.3) is 43.5 Å². The van der Waals surface area contributed by atoms with Crippen LogP contribution >= 0.6 is 0 Å². The summed E-state index contributed by atoms with van der Waals surface area (Å²) in [6.45, 7) is 0.372. The minimum absolute atomic E-state index is 0.0215. The van der Waals surface area contributed by atoms with Gasteiger partial charge < -0.3 is 84.6 Å². The fraction of sp³-hybridized carbons (Fsp3) is 0.296. The summed E-state index contributed by atoms with van der Waals surface area (Å²) in [5.41, 5.74) is 15.6. The van der Waals surface area contributed by atoms with Crippen molar-refractivity contribution in [2.24, 2.45) is 11.5 Å². The molecule has 8 aromatic carbocycles. The molecule has 110 heavy (non-hydrogen) atoms. The average molecular weight is 1500 g/mol. The van der Waals surface area contributed by atoms with Gasteiger partial charge in [0, 0.05) is 49.7 Å². The molecule has 9 aromatic rings. The minimum atomic E-state index is -2.05. The molecule has 0 aliphatic carbocycles. The molecule has 1 aromatic heterocycles. The van der Waals surface area contributed by atoms with Crippen molar-refractivity contribution >= 4 is 121 Å². The van der Waals surface area contributed by atoms with Gasteiger partial charge in [-0.1, -0.05) is 182 Å². The van der Waals surface area contributed by atoms with Crippen LogP contribution in [-0.2, 0) is 78.4 Å². The molecule has 8 unspecified atom stereocenters. The van der Waals surface area contributed by atoms with Crippen molar-refractivity contribution in [2.45, 2.75) is 132 Å². The smallest absolute Gasteiger partial charge is 0.305 e. The van der Waals surface area contributed by atoms with Gasteiger partial charge in [0.1, 0.15) is 47.4 Å². The number of nitrogens with two attached hydrogens (primary N) is 2. The quantitative estimate of drug-likeness (QED) is 0.0310. The number of carbonyl (C=O) groups excluding carboxylic acids is 9. The van der Waals surface area contributed by atoms with Gasteiger partial charge in [-0.2, -0.15) is 0 Å². The summed E-state index contributed by atoms with van der Waals surface area (Å²) >= 11 is 0. The van der Waals surface area contributed by atoms with E-state index in [1.165, 1.54) is 0 Å². The number of para-hydroxylation sites is 2. The number of furan rings is 1. The average Bonchev–Trinajstić information content (AvgIpc) is 1.60. The van der Waals surface area contributed by atoms with Crippen LogP contribution in [0.1, 0.15) is 103 Å². The molecule has 19 N–H and O–H groups in total. The lowest BCUT2D eigenvalue weighted by molar-refractivity contribution is -0.143. The first kappa shape index (κ1) is 79.4. The van der Waals surface area contributed by atoms with Crippen LogP contribution in [0, 0.1) is 10.8 Å². The lowest BCUT2D eigenvalue weighted by atomic mass is 9.95. The minimum Gasteiger partial charge on any atom is -0.481 e. The zero-order valence-electron chi connectivity index (χ0n) is 60.2. The molecule has 0 fully saturated rings. The first-order valence-electron chi connectivity index (χ1n) is 36.3. The topological polar surface area (TPSA) is 473 Å². The monoisotopic (exact) mass is 1500 g/mol. The number of fused-ring (bicyclic) bond motifs is 3. The third-order valence-corrected chi connectivity index (χ3v) is 19.0. The predicted molar refractivity (Wildman–Crippen MR) is 412 cm³/mol. The van der Waals surface area contributed by atoms with Crippen LogP contribution < -0.4 is 70.0 Å². The maximum atomic E-state index is 15.2. The molecule has 2 bridgehead atoms. The third-order valence-electron chi connectivity index (χ3n) is 19.0. The van der Waals surface area contributed by atoms with Crippen molar-refractivity contribution in [1.82, 2.24) is 58.5 Å². The Balaban J connectivity index is 1.02. The zero-order chi connectivity index (χ0) is 78.2. The van der Waals surface area contributed by atoms with Crippen LogP contribution in [0.5, 0.6) is 0 Å². The molecule has 9 amide bonds. The number of guanidine groups is 2. The number of aliphatic carboxylic acids is 2. The first-order chi connectivity index (χ1) is 53.0. The number of carbonyl (C=O) groups is 11. The molecule has 0 saturated carbocycles. The molecule has 1 aliphatic rings. The molecule has 0 saturated heterocycles. The van der Waals surface area contributed by atoms with Gasteiger partial charge in [0.05, 0.1) is 37.8 Å². The molecular weight excluding hydrogens is 1410 g/mol. The van der Waals surface area contributed by atoms with Gasteiger partial charge >= 0.3 is 11.9 Å². The summed E-state index contributed by atoms with van der Waals surface area (Å²) in [5.74, 6) is -11.7. The van der Waals surface area contributed by atoms with E-state index in [0.29, 0.717) is 49.8 Å². The van der Waals surface area contributed by atoms with E-state index < -0.39 is 139 Å². The summed E-state index contributed by atoms with van der Waals surface area (Å²) in [7, 11) is 0. The Morgan fingerprint density at radius 3 is 1.25 bits per heavy atom. The Hall–Kier alpha value is -13.2. The highest BCUT2D eigenvalue weighted by Gasteiger charge is 2.36. The van der Waals surface area contributed by atoms with Crippen LogP contribution in [-0.4, -0.2) is 143 Å². The normalized spacial score (nSPS) is 20.2. The van der Waals surface area contributed by atoms with Crippen molar-refractivity contribution in [2.75, 3.05) is 19.6 Å². The van der Waals surface area contributed by atoms with E-state index in [9.17, 15) is 53.4 Å². The number of amides is 9. The Morgan fingerprint density at radius 2 is 0.773 bits per heavy atom. The number of benzene rings is 8. The Morgan fingerprint density at radius 1 is 0.400 bits per heavy atom. The lowest BCUT2D eigenvalue weighted by Gasteiger charge is -2.28. The second-order valence-corrected chi connectivity index (χ2v) is 27.0. The van der Waals surface area contributed by atoms with Gasteiger partial charge in [-0.15, -0.1) is 0 Å². The number of carboxylic acids is 2. The summed E-state index contributed by atoms with van der Waals surface area (Å²) < 4.78 is 6.66. The third kappa shape index (κ3) is 22.2. The van der Waals surface area contributed by atoms with Crippen molar-refractivity contribution in [3.05, 3.63) is 215 Å². The van der Waals surface area contributed by atoms with E-state index in [1.54, 1.807) is 115 Å². The van der Waals surface area contributed by atoms with Gasteiger partial charge in [0.25, 0.3) is 0 Å². The van der Waals surface area contributed by atoms with Crippen molar-refractivity contribution in [3.8, 4) is 0 Å². The second kappa shape index (κ2) is 38.4. The highest BCUT2D eigenvalue weighted by Crippen LogP contribution is 2.35. The number of nitrogens with one attached hydrogen (secondary N) is 13. The van der Waals surface area contributed by atoms with E-state index in [0.717, 1.165) is 27.1 Å². The maximum Gasteiger partial charge on any atom is 0.305 e. The number of hydrogen-bond acceptors (Lipinski definition) is 14. The fourth-order valence-corrected chi connectivity index (χ4v) is 13.6. The largest absolute Gasteiger partial charge is 0.481 e. The van der Waals surface area contributed by atoms with Crippen LogP contribution in [0.15, 0.2) is 186 Å². The first-order valence-corrected chi connectivity index (χ1v) is 36.3. The van der Waals surface area contributed by atoms with E-state index in [4.69, 9.17) is 26.7 Å². The van der Waals surface area contributed by atoms with Gasteiger partial charge in [0.15, 0.2) is 11.9 Å². The Kier molecular flexibility index (Phi) is 27.7. The summed E-state index contributed by atoms with van der Waals surface area (Å²) in [5, 5.41) is 70.5. The molecule has 8 atom stereocenters. The van der Waals surface area contributed by atoms with E-state index in [-0.39, 0.29) is 89.3 Å². The molecule has 1 aliphatic heterocycles. The summed E-state index contributed by atoms with van der Waals surface area (Å²) in [4.78, 5) is 158. The SMILES string of the molecule is N=C(N)NCCCC1NC(=O)CC(c2cccc3ccccc23)NC(=O)C(Cc2ccccc2)NC(=O)C(CC(=O)O)NC(=O)C(CC(=O)O)NC(=O)C(Cc2ccccc2)NC(=O)CC(c2cccc3ccccc23)NC(=O)C(CCCNC(=N)N)NC(=O)CCc2cccc3c2oc2c(cccc23)CCNC1=O. The maximum absolute atomic E-state index is 15.2. The summed E-state index contributed by atoms with van der Waals surface area (Å²) in [6, 6.07) is 40.8. The van der Waals surface area contributed by atoms with Gasteiger partial charge in [0.2, 0.25) is 53.2 Å². The molecule has 0 radical (unpaired) electrons. The van der Waals surface area contributed by atoms with Crippen LogP contribution in [0.2, 0.25) is 0 Å². The lowest BCUT2D eigenvalue weighted by Crippen LogP contribution is -2.59. The molecule has 10 rings (SSSR count). The molecule has 29 nitrogen and oxygen atoms in total. The molecular formula is C81H89N15O14. The zero-order valence-corrected chi connectivity index (χ0v) is 60.2. The standard InChI is InChI=1S/C81H89N15O14/c82-80(83)87-38-15-33-59-74(104)86-40-37-52-26-14-32-58-57-31-13-25-51(72(57)110-73(52)58)35-36-67(97)89-60(34-16-39-88-81(84)85)75(105)92-61(55-29-11-23-49-21-7-9-27-53(49)55)44-69(99)91-63(41-47-17-3-1-4-18-47)76(106)95-66(46-71(102)103)79(109)96-65(45-70(100)101)78(108)94-64(42-48-19-5-2-6-20-48)77(107)93-62(43-68(98)90-59)56-30-12-24-50-22-8-10-28-54(50)56/h1-14,17-32,59-66H,15-16,33-46H2,(H,86,104)(H,89,97)(H,90,98)(H,91,99)(H,92,105)(H,93,107)(H,94,108)(H,95,106)(H,96,109)(H,100,101)(H,102,103)(H4,82,83,87)(H4,84,85,88). The molecule has 0 spiro atoms. The van der Waals surface area contributed by atoms with Gasteiger partial charge in [-0.3, -0.25) is 63.6 Å². The van der Waals surface area contributed by atoms with Crippen molar-refractivity contribution < 1.29 is 67.4 Å². The fourth-order valence-electron chi connectivity index (χ4n) is 13.6. The van der Waals surface area contributed by atoms with Crippen molar-refractivity contribution in [1.29, 1.82) is 10.8 Å². The highest BCUT2D eigenvalue weighted by atomic mass is 16.4. The Bertz CT molecular complexity index is 4870. The summed E-state index contributed by atoms with van der Waals surface area (Å²) in [6.07, 6.45) is -2.98. The number of rotatable bonds is 18. The number of hydrogen-bond donors (Lipinski definition) is 17. The van der Waals surface area contributed by atoms with E-state index in [2.05, 4.69) is 58.5 Å². The number of carboxylic acid groups (broad SMARTS) is 2. The van der Waals surface area contributed by atoms with E-state index in [1.807, 2.05) is 66.7 Å². The number of aryl methyl sites for hydroxylation is 1. The molecule has 572 valence electrons. The predicted octanol–water partition coefficient (Wildman–Crippen LogP) is 4.86. The second-order valence-electron chi connectivity index (χ2n) is 27.0.